The summed E-state index contributed by atoms with van der Waals surface area (Å²) in [7, 11) is 0. The van der Waals surface area contributed by atoms with Gasteiger partial charge in [0, 0.05) is 5.56 Å². The average molecular weight is 311 g/mol. The molecule has 0 aromatic heterocycles. The van der Waals surface area contributed by atoms with Gasteiger partial charge in [-0.25, -0.2) is 5.01 Å². The van der Waals surface area contributed by atoms with E-state index in [1.165, 1.54) is 5.01 Å². The fourth-order valence-corrected chi connectivity index (χ4v) is 2.44. The number of carbonyl (C=O) groups excluding carboxylic acids is 2. The molecular formula is C19H23N2O2. The lowest BCUT2D eigenvalue weighted by atomic mass is 10.0. The van der Waals surface area contributed by atoms with Crippen molar-refractivity contribution < 1.29 is 9.59 Å². The Morgan fingerprint density at radius 2 is 1.48 bits per heavy atom. The summed E-state index contributed by atoms with van der Waals surface area (Å²) in [6, 6.07) is 5.69. The van der Waals surface area contributed by atoms with Gasteiger partial charge in [-0.2, -0.15) is 0 Å². The molecule has 1 aromatic rings. The largest absolute Gasteiger partial charge is 0.273 e. The lowest BCUT2D eigenvalue weighted by Crippen LogP contribution is -2.56. The molecule has 121 valence electrons. The number of carbonyl (C=O) groups is 2. The maximum atomic E-state index is 12.9. The van der Waals surface area contributed by atoms with Crippen LogP contribution in [-0.2, 0) is 4.79 Å². The smallest absolute Gasteiger partial charge is 0.272 e. The Balaban J connectivity index is 2.23. The van der Waals surface area contributed by atoms with Gasteiger partial charge in [-0.3, -0.25) is 15.0 Å². The van der Waals surface area contributed by atoms with E-state index in [2.05, 4.69) is 5.43 Å². The summed E-state index contributed by atoms with van der Waals surface area (Å²) in [5.74, 6) is 0.0272. The van der Waals surface area contributed by atoms with Crippen LogP contribution < -0.4 is 5.43 Å². The normalized spacial score (nSPS) is 15.5. The number of rotatable bonds is 2. The van der Waals surface area contributed by atoms with Crippen molar-refractivity contribution >= 4 is 11.8 Å². The monoisotopic (exact) mass is 311 g/mol. The van der Waals surface area contributed by atoms with E-state index >= 15 is 0 Å². The predicted octanol–water partition coefficient (Wildman–Crippen LogP) is 2.98. The molecule has 2 rings (SSSR count). The van der Waals surface area contributed by atoms with Gasteiger partial charge in [-0.1, -0.05) is 17.2 Å². The number of amides is 2. The van der Waals surface area contributed by atoms with Gasteiger partial charge in [0.25, 0.3) is 5.91 Å². The van der Waals surface area contributed by atoms with E-state index in [0.717, 1.165) is 11.1 Å². The summed E-state index contributed by atoms with van der Waals surface area (Å²) in [6.45, 7) is 9.57. The van der Waals surface area contributed by atoms with Crippen LogP contribution in [0.5, 0.6) is 0 Å². The predicted molar refractivity (Wildman–Crippen MR) is 90.4 cm³/mol. The molecular weight excluding hydrogens is 288 g/mol. The molecule has 4 nitrogen and oxygen atoms in total. The van der Waals surface area contributed by atoms with E-state index < -0.39 is 5.54 Å². The lowest BCUT2D eigenvalue weighted by molar-refractivity contribution is -0.124. The van der Waals surface area contributed by atoms with Gasteiger partial charge >= 0.3 is 0 Å². The number of nitrogens with one attached hydrogen (secondary N) is 1. The van der Waals surface area contributed by atoms with Gasteiger partial charge in [0.1, 0.15) is 0 Å². The fraction of sp³-hybridized carbons (Fsp3) is 0.316. The highest BCUT2D eigenvalue weighted by Gasteiger charge is 2.33. The molecule has 4 heteroatoms. The Bertz CT molecular complexity index is 576. The third kappa shape index (κ3) is 4.34. The number of hydrazine groups is 1. The standard InChI is InChI=1S/C19H23N2O2/c1-13-10-14(2)12-16(11-13)18(23)21(19(3,4)5)20-17(22)15-8-6-7-9-15/h6-12H,1-5H3,(H,20,22). The summed E-state index contributed by atoms with van der Waals surface area (Å²) in [5.41, 5.74) is 4.80. The van der Waals surface area contributed by atoms with Crippen molar-refractivity contribution in [1.82, 2.24) is 10.4 Å². The third-order valence-electron chi connectivity index (χ3n) is 3.48. The quantitative estimate of drug-likeness (QED) is 0.854. The number of nitrogens with zero attached hydrogens (tertiary/aromatic N) is 1. The summed E-state index contributed by atoms with van der Waals surface area (Å²) >= 11 is 0. The minimum Gasteiger partial charge on any atom is -0.273 e. The molecule has 5 radical (unpaired) electrons. The Morgan fingerprint density at radius 3 is 1.96 bits per heavy atom. The van der Waals surface area contributed by atoms with Gasteiger partial charge in [0.2, 0.25) is 5.91 Å². The summed E-state index contributed by atoms with van der Waals surface area (Å²) < 4.78 is 0. The first-order chi connectivity index (χ1) is 10.7. The molecule has 0 atom stereocenters. The van der Waals surface area contributed by atoms with Crippen LogP contribution in [0.1, 0.15) is 42.3 Å². The van der Waals surface area contributed by atoms with Crippen molar-refractivity contribution in [3.8, 4) is 0 Å². The van der Waals surface area contributed by atoms with Crippen LogP contribution >= 0.6 is 0 Å². The maximum absolute atomic E-state index is 12.9. The van der Waals surface area contributed by atoms with Crippen molar-refractivity contribution in [1.29, 1.82) is 0 Å². The topological polar surface area (TPSA) is 49.4 Å². The highest BCUT2D eigenvalue weighted by Crippen LogP contribution is 2.24. The number of benzene rings is 1. The number of aryl methyl sites for hydroxylation is 2. The zero-order chi connectivity index (χ0) is 17.2. The van der Waals surface area contributed by atoms with Crippen molar-refractivity contribution in [3.05, 3.63) is 66.5 Å². The Morgan fingerprint density at radius 1 is 0.957 bits per heavy atom. The van der Waals surface area contributed by atoms with Gasteiger partial charge in [0.15, 0.2) is 0 Å². The summed E-state index contributed by atoms with van der Waals surface area (Å²) in [4.78, 5) is 25.2. The molecule has 0 spiro atoms. The average Bonchev–Trinajstić information content (AvgIpc) is 2.95. The number of hydrogen-bond donors (Lipinski definition) is 1. The van der Waals surface area contributed by atoms with E-state index in [-0.39, 0.29) is 11.8 Å². The second-order valence-electron chi connectivity index (χ2n) is 6.80. The van der Waals surface area contributed by atoms with E-state index in [1.54, 1.807) is 25.7 Å². The third-order valence-corrected chi connectivity index (χ3v) is 3.48. The zero-order valence-electron chi connectivity index (χ0n) is 14.3. The van der Waals surface area contributed by atoms with Crippen LogP contribution in [0.15, 0.2) is 18.2 Å². The highest BCUT2D eigenvalue weighted by molar-refractivity contribution is 6.00. The summed E-state index contributed by atoms with van der Waals surface area (Å²) in [5, 5.41) is 1.40. The van der Waals surface area contributed by atoms with Gasteiger partial charge in [-0.15, -0.1) is 0 Å². The van der Waals surface area contributed by atoms with Crippen molar-refractivity contribution in [2.75, 3.05) is 0 Å². The van der Waals surface area contributed by atoms with Crippen molar-refractivity contribution in [2.45, 2.75) is 40.2 Å². The molecule has 1 aliphatic carbocycles. The first-order valence-corrected chi connectivity index (χ1v) is 7.64. The molecule has 0 saturated heterocycles. The van der Waals surface area contributed by atoms with Gasteiger partial charge < -0.3 is 0 Å². The molecule has 1 fully saturated rings. The van der Waals surface area contributed by atoms with Crippen LogP contribution in [0.4, 0.5) is 0 Å². The van der Waals surface area contributed by atoms with Gasteiger partial charge in [0.05, 0.1) is 11.5 Å². The molecule has 0 bridgehead atoms. The van der Waals surface area contributed by atoms with Crippen LogP contribution in [0.2, 0.25) is 0 Å². The summed E-state index contributed by atoms with van der Waals surface area (Å²) in [6.07, 6.45) is 7.03. The van der Waals surface area contributed by atoms with Crippen LogP contribution in [0.3, 0.4) is 0 Å². The maximum Gasteiger partial charge on any atom is 0.272 e. The Kier molecular flexibility index (Phi) is 5.12. The first kappa shape index (κ1) is 17.5. The number of hydrogen-bond acceptors (Lipinski definition) is 2. The molecule has 0 heterocycles. The van der Waals surface area contributed by atoms with Gasteiger partial charge in [-0.05, 0) is 72.4 Å². The van der Waals surface area contributed by atoms with Crippen molar-refractivity contribution in [2.24, 2.45) is 0 Å². The van der Waals surface area contributed by atoms with E-state index in [9.17, 15) is 9.59 Å². The van der Waals surface area contributed by atoms with Crippen LogP contribution in [0.25, 0.3) is 0 Å². The Hall–Kier alpha value is -1.84. The minimum atomic E-state index is -0.545. The molecule has 1 aromatic carbocycles. The van der Waals surface area contributed by atoms with Crippen LogP contribution in [-0.4, -0.2) is 22.4 Å². The Labute approximate surface area is 139 Å². The second kappa shape index (κ2) is 6.73. The van der Waals surface area contributed by atoms with Crippen LogP contribution in [0, 0.1) is 45.4 Å². The fourth-order valence-electron chi connectivity index (χ4n) is 2.44. The molecule has 2 amide bonds. The second-order valence-corrected chi connectivity index (χ2v) is 6.80. The van der Waals surface area contributed by atoms with E-state index in [4.69, 9.17) is 0 Å². The zero-order valence-corrected chi connectivity index (χ0v) is 14.3. The molecule has 1 saturated carbocycles. The highest BCUT2D eigenvalue weighted by atomic mass is 16.2. The molecule has 0 unspecified atom stereocenters. The molecule has 23 heavy (non-hydrogen) atoms. The van der Waals surface area contributed by atoms with E-state index in [0.29, 0.717) is 11.5 Å². The van der Waals surface area contributed by atoms with Crippen molar-refractivity contribution in [3.63, 3.8) is 0 Å². The van der Waals surface area contributed by atoms with E-state index in [1.807, 2.05) is 52.8 Å². The lowest BCUT2D eigenvalue weighted by Gasteiger charge is -2.36. The minimum absolute atomic E-state index is 0.218. The molecule has 1 N–H and O–H groups in total. The first-order valence-electron chi connectivity index (χ1n) is 7.64. The molecule has 0 aliphatic heterocycles. The molecule has 1 aliphatic rings. The SMILES string of the molecule is Cc1cc(C)cc(C(=O)N(NC(=O)[C]2[CH][CH][CH][CH]2)C(C)(C)C)c1.